The number of aromatic nitrogens is 3. The monoisotopic (exact) mass is 203 g/mol. The quantitative estimate of drug-likeness (QED) is 0.699. The fourth-order valence-corrected chi connectivity index (χ4v) is 1.27. The molecule has 76 valence electrons. The molecule has 0 aliphatic rings. The molecular formula is C10H9N3O2. The van der Waals surface area contributed by atoms with Gasteiger partial charge in [-0.15, -0.1) is 0 Å². The minimum Gasteiger partial charge on any atom is -0.410 e. The lowest BCUT2D eigenvalue weighted by Gasteiger charge is -1.94. The van der Waals surface area contributed by atoms with Crippen LogP contribution >= 0.6 is 0 Å². The molecule has 0 aliphatic heterocycles. The predicted molar refractivity (Wildman–Crippen MR) is 53.1 cm³/mol. The van der Waals surface area contributed by atoms with Crippen LogP contribution in [0.2, 0.25) is 0 Å². The van der Waals surface area contributed by atoms with E-state index in [0.717, 1.165) is 11.3 Å². The number of hydrogen-bond donors (Lipinski definition) is 0. The topological polar surface area (TPSA) is 57.0 Å². The zero-order chi connectivity index (χ0) is 10.7. The van der Waals surface area contributed by atoms with Crippen molar-refractivity contribution in [1.82, 2.24) is 14.8 Å². The number of nitrogens with zero attached hydrogens (tertiary/aromatic N) is 3. The summed E-state index contributed by atoms with van der Waals surface area (Å²) in [6.45, 7) is 0.379. The molecule has 2 aromatic heterocycles. The Morgan fingerprint density at radius 2 is 2.40 bits per heavy atom. The largest absolute Gasteiger partial charge is 0.410 e. The second kappa shape index (κ2) is 3.91. The van der Waals surface area contributed by atoms with Crippen molar-refractivity contribution >= 4 is 6.47 Å². The number of rotatable bonds is 3. The minimum atomic E-state index is 0.379. The average Bonchev–Trinajstić information content (AvgIpc) is 2.63. The number of carbonyl (C=O) groups excluding carboxylic acids is 1. The van der Waals surface area contributed by atoms with Gasteiger partial charge in [-0.2, -0.15) is 5.10 Å². The van der Waals surface area contributed by atoms with Crippen molar-refractivity contribution < 1.29 is 9.53 Å². The van der Waals surface area contributed by atoms with Crippen molar-refractivity contribution in [3.05, 3.63) is 30.6 Å². The van der Waals surface area contributed by atoms with E-state index in [-0.39, 0.29) is 0 Å². The number of hydrogen-bond acceptors (Lipinski definition) is 4. The Morgan fingerprint density at radius 1 is 1.53 bits per heavy atom. The third kappa shape index (κ3) is 1.85. The molecule has 0 saturated heterocycles. The molecule has 5 heteroatoms. The van der Waals surface area contributed by atoms with Crippen LogP contribution in [0.4, 0.5) is 0 Å². The van der Waals surface area contributed by atoms with Gasteiger partial charge in [-0.3, -0.25) is 9.78 Å². The second-order valence-corrected chi connectivity index (χ2v) is 2.95. The minimum absolute atomic E-state index is 0.379. The predicted octanol–water partition coefficient (Wildman–Crippen LogP) is 1.02. The van der Waals surface area contributed by atoms with E-state index < -0.39 is 0 Å². The summed E-state index contributed by atoms with van der Waals surface area (Å²) < 4.78 is 6.24. The molecule has 0 atom stereocenters. The maximum Gasteiger partial charge on any atom is 0.299 e. The highest BCUT2D eigenvalue weighted by Gasteiger charge is 2.07. The van der Waals surface area contributed by atoms with Gasteiger partial charge < -0.3 is 4.74 Å². The molecule has 2 rings (SSSR count). The third-order valence-electron chi connectivity index (χ3n) is 1.96. The van der Waals surface area contributed by atoms with Crippen LogP contribution < -0.4 is 4.74 Å². The number of pyridine rings is 1. The molecule has 5 nitrogen and oxygen atoms in total. The second-order valence-electron chi connectivity index (χ2n) is 2.95. The summed E-state index contributed by atoms with van der Waals surface area (Å²) in [5.41, 5.74) is 1.61. The van der Waals surface area contributed by atoms with Gasteiger partial charge in [0.25, 0.3) is 6.47 Å². The lowest BCUT2D eigenvalue weighted by Crippen LogP contribution is -1.97. The summed E-state index contributed by atoms with van der Waals surface area (Å²) >= 11 is 0. The van der Waals surface area contributed by atoms with Gasteiger partial charge in [0.05, 0.1) is 5.69 Å². The molecule has 0 amide bonds. The van der Waals surface area contributed by atoms with Gasteiger partial charge in [-0.1, -0.05) is 0 Å². The molecule has 0 radical (unpaired) electrons. The van der Waals surface area contributed by atoms with Crippen molar-refractivity contribution in [2.24, 2.45) is 7.05 Å². The van der Waals surface area contributed by atoms with E-state index >= 15 is 0 Å². The third-order valence-corrected chi connectivity index (χ3v) is 1.96. The molecule has 0 aromatic carbocycles. The summed E-state index contributed by atoms with van der Waals surface area (Å²) in [4.78, 5) is 14.2. The van der Waals surface area contributed by atoms with Crippen LogP contribution in [0.1, 0.15) is 0 Å². The van der Waals surface area contributed by atoms with Crippen molar-refractivity contribution in [3.8, 4) is 17.1 Å². The van der Waals surface area contributed by atoms with Gasteiger partial charge in [0.1, 0.15) is 0 Å². The Bertz CT molecular complexity index is 465. The maximum atomic E-state index is 10.2. The van der Waals surface area contributed by atoms with Gasteiger partial charge >= 0.3 is 0 Å². The van der Waals surface area contributed by atoms with Crippen molar-refractivity contribution in [3.63, 3.8) is 0 Å². The molecule has 0 fully saturated rings. The highest BCUT2D eigenvalue weighted by Crippen LogP contribution is 2.21. The summed E-state index contributed by atoms with van der Waals surface area (Å²) in [7, 11) is 1.71. The van der Waals surface area contributed by atoms with E-state index in [1.807, 2.05) is 12.1 Å². The highest BCUT2D eigenvalue weighted by molar-refractivity contribution is 5.59. The van der Waals surface area contributed by atoms with E-state index in [4.69, 9.17) is 4.74 Å². The molecule has 15 heavy (non-hydrogen) atoms. The van der Waals surface area contributed by atoms with E-state index in [1.54, 1.807) is 25.5 Å². The van der Waals surface area contributed by atoms with E-state index in [2.05, 4.69) is 10.1 Å². The SMILES string of the molecule is Cn1nc(-c2cccnc2)cc1OC=O. The van der Waals surface area contributed by atoms with Crippen molar-refractivity contribution in [2.45, 2.75) is 0 Å². The van der Waals surface area contributed by atoms with Crippen LogP contribution in [-0.2, 0) is 11.8 Å². The maximum absolute atomic E-state index is 10.2. The molecule has 0 N–H and O–H groups in total. The van der Waals surface area contributed by atoms with Crippen LogP contribution in [0.25, 0.3) is 11.3 Å². The fourth-order valence-electron chi connectivity index (χ4n) is 1.27. The normalized spacial score (nSPS) is 9.93. The molecule has 0 saturated carbocycles. The highest BCUT2D eigenvalue weighted by atomic mass is 16.5. The Kier molecular flexibility index (Phi) is 2.45. The van der Waals surface area contributed by atoms with Gasteiger partial charge in [0.15, 0.2) is 0 Å². The zero-order valence-electron chi connectivity index (χ0n) is 8.12. The van der Waals surface area contributed by atoms with Crippen LogP contribution in [0.3, 0.4) is 0 Å². The summed E-state index contributed by atoms with van der Waals surface area (Å²) in [5, 5.41) is 4.19. The van der Waals surface area contributed by atoms with Crippen LogP contribution in [0.5, 0.6) is 5.88 Å². The standard InChI is InChI=1S/C10H9N3O2/c1-13-10(15-7-14)5-9(12-13)8-3-2-4-11-6-8/h2-7H,1H3. The fraction of sp³-hybridized carbons (Fsp3) is 0.100. The molecule has 2 heterocycles. The van der Waals surface area contributed by atoms with Gasteiger partial charge in [-0.05, 0) is 12.1 Å². The number of aryl methyl sites for hydroxylation is 1. The lowest BCUT2D eigenvalue weighted by atomic mass is 10.2. The van der Waals surface area contributed by atoms with E-state index in [1.165, 1.54) is 4.68 Å². The molecule has 0 aliphatic carbocycles. The lowest BCUT2D eigenvalue weighted by molar-refractivity contribution is -0.121. The molecule has 2 aromatic rings. The van der Waals surface area contributed by atoms with Gasteiger partial charge in [0.2, 0.25) is 5.88 Å². The molecule has 0 unspecified atom stereocenters. The first-order valence-corrected chi connectivity index (χ1v) is 4.36. The van der Waals surface area contributed by atoms with Gasteiger partial charge in [-0.25, -0.2) is 4.68 Å². The number of ether oxygens (including phenoxy) is 1. The van der Waals surface area contributed by atoms with Crippen molar-refractivity contribution in [1.29, 1.82) is 0 Å². The van der Waals surface area contributed by atoms with E-state index in [9.17, 15) is 4.79 Å². The summed E-state index contributed by atoms with van der Waals surface area (Å²) in [6.07, 6.45) is 3.39. The average molecular weight is 203 g/mol. The zero-order valence-corrected chi connectivity index (χ0v) is 8.12. The number of carbonyl (C=O) groups is 1. The Morgan fingerprint density at radius 3 is 3.07 bits per heavy atom. The smallest absolute Gasteiger partial charge is 0.299 e. The first kappa shape index (κ1) is 9.39. The summed E-state index contributed by atoms with van der Waals surface area (Å²) in [5.74, 6) is 0.406. The van der Waals surface area contributed by atoms with E-state index in [0.29, 0.717) is 12.4 Å². The van der Waals surface area contributed by atoms with Crippen LogP contribution in [0, 0.1) is 0 Å². The van der Waals surface area contributed by atoms with Crippen LogP contribution in [0.15, 0.2) is 30.6 Å². The molecular weight excluding hydrogens is 194 g/mol. The Balaban J connectivity index is 2.38. The van der Waals surface area contributed by atoms with Gasteiger partial charge in [0, 0.05) is 31.1 Å². The Hall–Kier alpha value is -2.17. The molecule has 0 bridgehead atoms. The molecule has 0 spiro atoms. The summed E-state index contributed by atoms with van der Waals surface area (Å²) in [6, 6.07) is 5.40. The van der Waals surface area contributed by atoms with Crippen molar-refractivity contribution in [2.75, 3.05) is 0 Å². The first-order valence-electron chi connectivity index (χ1n) is 4.36. The first-order chi connectivity index (χ1) is 7.31. The van der Waals surface area contributed by atoms with Crippen LogP contribution in [-0.4, -0.2) is 21.2 Å². The Labute approximate surface area is 86.3 Å².